The van der Waals surface area contributed by atoms with E-state index >= 15 is 0 Å². The summed E-state index contributed by atoms with van der Waals surface area (Å²) in [4.78, 5) is 0. The molecule has 0 heterocycles. The normalized spacial score (nSPS) is 10.8. The maximum Gasteiger partial charge on any atom is 0.112 e. The van der Waals surface area contributed by atoms with E-state index in [0.717, 1.165) is 0 Å². The molecule has 0 aliphatic rings. The fraction of sp³-hybridized carbons (Fsp3) is 0.615. The number of rotatable bonds is 14. The van der Waals surface area contributed by atoms with E-state index in [1.54, 1.807) is 12.2 Å². The number of hydrogen-bond acceptors (Lipinski definition) is 6. The van der Waals surface area contributed by atoms with Crippen molar-refractivity contribution in [3.8, 4) is 0 Å². The SMILES string of the molecule is C=C(/C=C\C=N)OCCOCCOCCOCCN. The van der Waals surface area contributed by atoms with Gasteiger partial charge in [0, 0.05) is 12.8 Å². The van der Waals surface area contributed by atoms with Crippen LogP contribution in [0.2, 0.25) is 0 Å². The highest BCUT2D eigenvalue weighted by atomic mass is 16.6. The van der Waals surface area contributed by atoms with Gasteiger partial charge in [0.25, 0.3) is 0 Å². The molecule has 0 bridgehead atoms. The van der Waals surface area contributed by atoms with Gasteiger partial charge in [-0.25, -0.2) is 0 Å². The van der Waals surface area contributed by atoms with Crippen LogP contribution < -0.4 is 5.73 Å². The van der Waals surface area contributed by atoms with Gasteiger partial charge in [0.1, 0.15) is 12.4 Å². The predicted molar refractivity (Wildman–Crippen MR) is 74.5 cm³/mol. The Bertz CT molecular complexity index is 257. The summed E-state index contributed by atoms with van der Waals surface area (Å²) in [5.41, 5.74) is 5.27. The van der Waals surface area contributed by atoms with E-state index in [-0.39, 0.29) is 0 Å². The lowest BCUT2D eigenvalue weighted by molar-refractivity contribution is 0.00655. The summed E-state index contributed by atoms with van der Waals surface area (Å²) in [6.45, 7) is 7.81. The molecule has 0 atom stereocenters. The Balaban J connectivity index is 3.12. The average molecular weight is 272 g/mol. The molecule has 0 saturated heterocycles. The van der Waals surface area contributed by atoms with Crippen LogP contribution in [-0.4, -0.2) is 59.0 Å². The molecule has 3 N–H and O–H groups in total. The highest BCUT2D eigenvalue weighted by Crippen LogP contribution is 1.94. The second kappa shape index (κ2) is 14.8. The quantitative estimate of drug-likeness (QED) is 0.211. The molecule has 0 amide bonds. The van der Waals surface area contributed by atoms with Crippen molar-refractivity contribution in [2.45, 2.75) is 0 Å². The van der Waals surface area contributed by atoms with Gasteiger partial charge in [0.2, 0.25) is 0 Å². The summed E-state index contributed by atoms with van der Waals surface area (Å²) >= 11 is 0. The van der Waals surface area contributed by atoms with Crippen LogP contribution in [0, 0.1) is 5.41 Å². The third kappa shape index (κ3) is 14.7. The zero-order valence-corrected chi connectivity index (χ0v) is 11.3. The van der Waals surface area contributed by atoms with E-state index in [0.29, 0.717) is 58.6 Å². The highest BCUT2D eigenvalue weighted by Gasteiger charge is 1.92. The summed E-state index contributed by atoms with van der Waals surface area (Å²) < 4.78 is 20.9. The van der Waals surface area contributed by atoms with Gasteiger partial charge in [-0.3, -0.25) is 0 Å². The van der Waals surface area contributed by atoms with Gasteiger partial charge in [-0.2, -0.15) is 0 Å². The summed E-state index contributed by atoms with van der Waals surface area (Å²) in [6, 6.07) is 0. The first-order valence-corrected chi connectivity index (χ1v) is 6.23. The van der Waals surface area contributed by atoms with Gasteiger partial charge in [0.05, 0.1) is 39.6 Å². The molecule has 19 heavy (non-hydrogen) atoms. The molecular formula is C13H24N2O4. The van der Waals surface area contributed by atoms with Crippen LogP contribution in [0.25, 0.3) is 0 Å². The third-order valence-corrected chi connectivity index (χ3v) is 1.90. The smallest absolute Gasteiger partial charge is 0.112 e. The maximum atomic E-state index is 6.79. The van der Waals surface area contributed by atoms with E-state index in [4.69, 9.17) is 30.1 Å². The van der Waals surface area contributed by atoms with Crippen LogP contribution in [0.4, 0.5) is 0 Å². The van der Waals surface area contributed by atoms with E-state index < -0.39 is 0 Å². The molecule has 6 nitrogen and oxygen atoms in total. The largest absolute Gasteiger partial charge is 0.492 e. The topological polar surface area (TPSA) is 86.8 Å². The molecule has 0 rings (SSSR count). The Morgan fingerprint density at radius 2 is 1.47 bits per heavy atom. The van der Waals surface area contributed by atoms with Gasteiger partial charge in [0.15, 0.2) is 0 Å². The molecule has 0 saturated carbocycles. The van der Waals surface area contributed by atoms with Crippen molar-refractivity contribution < 1.29 is 18.9 Å². The van der Waals surface area contributed by atoms with Crippen molar-refractivity contribution >= 4 is 6.21 Å². The Labute approximate surface area is 114 Å². The molecular weight excluding hydrogens is 248 g/mol. The first-order chi connectivity index (χ1) is 9.31. The second-order valence-corrected chi connectivity index (χ2v) is 3.47. The fourth-order valence-corrected chi connectivity index (χ4v) is 1.06. The minimum absolute atomic E-state index is 0.431. The molecule has 0 radical (unpaired) electrons. The molecule has 0 aliphatic heterocycles. The van der Waals surface area contributed by atoms with Gasteiger partial charge >= 0.3 is 0 Å². The molecule has 0 spiro atoms. The number of allylic oxidation sites excluding steroid dienone is 2. The first kappa shape index (κ1) is 17.8. The van der Waals surface area contributed by atoms with E-state index in [2.05, 4.69) is 6.58 Å². The highest BCUT2D eigenvalue weighted by molar-refractivity contribution is 5.68. The predicted octanol–water partition coefficient (Wildman–Crippen LogP) is 0.731. The zero-order chi connectivity index (χ0) is 14.2. The summed E-state index contributed by atoms with van der Waals surface area (Å²) in [7, 11) is 0. The maximum absolute atomic E-state index is 6.79. The van der Waals surface area contributed by atoms with Crippen LogP contribution >= 0.6 is 0 Å². The summed E-state index contributed by atoms with van der Waals surface area (Å²) in [5, 5.41) is 6.79. The van der Waals surface area contributed by atoms with Crippen LogP contribution in [0.3, 0.4) is 0 Å². The van der Waals surface area contributed by atoms with Crippen molar-refractivity contribution in [3.63, 3.8) is 0 Å². The van der Waals surface area contributed by atoms with Gasteiger partial charge in [-0.1, -0.05) is 6.58 Å². The van der Waals surface area contributed by atoms with Gasteiger partial charge in [-0.15, -0.1) is 0 Å². The van der Waals surface area contributed by atoms with E-state index in [9.17, 15) is 0 Å². The van der Waals surface area contributed by atoms with E-state index in [1.165, 1.54) is 6.21 Å². The lowest BCUT2D eigenvalue weighted by atomic mass is 10.4. The van der Waals surface area contributed by atoms with Crippen molar-refractivity contribution in [3.05, 3.63) is 24.5 Å². The first-order valence-electron chi connectivity index (χ1n) is 6.23. The van der Waals surface area contributed by atoms with Crippen molar-refractivity contribution in [2.24, 2.45) is 5.73 Å². The van der Waals surface area contributed by atoms with E-state index in [1.807, 2.05) is 0 Å². The number of hydrogen-bond donors (Lipinski definition) is 2. The van der Waals surface area contributed by atoms with Crippen molar-refractivity contribution in [1.82, 2.24) is 0 Å². The third-order valence-electron chi connectivity index (χ3n) is 1.90. The van der Waals surface area contributed by atoms with Crippen LogP contribution in [0.15, 0.2) is 24.5 Å². The fourth-order valence-electron chi connectivity index (χ4n) is 1.06. The van der Waals surface area contributed by atoms with Gasteiger partial charge in [-0.05, 0) is 12.2 Å². The molecule has 0 aromatic heterocycles. The molecule has 0 unspecified atom stereocenters. The second-order valence-electron chi connectivity index (χ2n) is 3.47. The number of nitrogens with two attached hydrogens (primary N) is 1. The van der Waals surface area contributed by atoms with Crippen LogP contribution in [-0.2, 0) is 18.9 Å². The average Bonchev–Trinajstić information content (AvgIpc) is 2.42. The van der Waals surface area contributed by atoms with Crippen molar-refractivity contribution in [1.29, 1.82) is 5.41 Å². The van der Waals surface area contributed by atoms with Gasteiger partial charge < -0.3 is 30.1 Å². The Morgan fingerprint density at radius 3 is 2.00 bits per heavy atom. The molecule has 0 fully saturated rings. The molecule has 110 valence electrons. The number of ether oxygens (including phenoxy) is 4. The molecule has 0 aliphatic carbocycles. The molecule has 0 aromatic carbocycles. The summed E-state index contributed by atoms with van der Waals surface area (Å²) in [5.74, 6) is 0.514. The van der Waals surface area contributed by atoms with Crippen LogP contribution in [0.1, 0.15) is 0 Å². The zero-order valence-electron chi connectivity index (χ0n) is 11.3. The standard InChI is InChI=1S/C13H24N2O4/c1-13(3-2-4-14)19-12-11-18-10-9-17-8-7-16-6-5-15/h2-4,14H,1,5-12,15H2/b3-2-,14-4?. The minimum Gasteiger partial charge on any atom is -0.492 e. The minimum atomic E-state index is 0.431. The molecule has 6 heteroatoms. The lowest BCUT2D eigenvalue weighted by Gasteiger charge is -2.07. The van der Waals surface area contributed by atoms with Crippen molar-refractivity contribution in [2.75, 3.05) is 52.8 Å². The Kier molecular flexibility index (Phi) is 13.9. The monoisotopic (exact) mass is 272 g/mol. The Morgan fingerprint density at radius 1 is 0.947 bits per heavy atom. The molecule has 0 aromatic rings. The number of nitrogens with one attached hydrogen (secondary N) is 1. The lowest BCUT2D eigenvalue weighted by Crippen LogP contribution is -2.14. The summed E-state index contributed by atoms with van der Waals surface area (Å²) in [6.07, 6.45) is 4.33. The Hall–Kier alpha value is -1.21. The van der Waals surface area contributed by atoms with Crippen LogP contribution in [0.5, 0.6) is 0 Å².